The van der Waals surface area contributed by atoms with Crippen LogP contribution in [0.4, 0.5) is 4.39 Å². The van der Waals surface area contributed by atoms with Gasteiger partial charge in [0.15, 0.2) is 11.5 Å². The molecule has 0 aromatic carbocycles. The Balaban J connectivity index is 3.20. The van der Waals surface area contributed by atoms with Crippen LogP contribution in [0.3, 0.4) is 0 Å². The van der Waals surface area contributed by atoms with Crippen molar-refractivity contribution in [1.29, 1.82) is 0 Å². The third kappa shape index (κ3) is 1.89. The highest BCUT2D eigenvalue weighted by Crippen LogP contribution is 2.02. The number of esters is 1. The van der Waals surface area contributed by atoms with Gasteiger partial charge in [-0.3, -0.25) is 0 Å². The molecule has 0 atom stereocenters. The maximum absolute atomic E-state index is 13.3. The topological polar surface area (TPSA) is 79.7 Å². The van der Waals surface area contributed by atoms with Gasteiger partial charge in [0.2, 0.25) is 0 Å². The molecule has 1 rings (SSSR count). The normalized spacial score (nSPS) is 9.71. The van der Waals surface area contributed by atoms with Crippen molar-refractivity contribution in [2.45, 2.75) is 0 Å². The Labute approximate surface area is 79.3 Å². The van der Waals surface area contributed by atoms with Crippen LogP contribution in [0, 0.1) is 5.82 Å². The van der Waals surface area contributed by atoms with E-state index in [2.05, 4.69) is 9.72 Å². The molecule has 0 amide bonds. The SMILES string of the molecule is COC(=O)c1nccc(B(O)O)c1F. The fourth-order valence-electron chi connectivity index (χ4n) is 0.897. The standard InChI is InChI=1S/C7H7BFNO4/c1-14-7(11)6-5(9)4(8(12)13)2-3-10-6/h2-3,12-13H,1H3. The molecule has 1 heterocycles. The van der Waals surface area contributed by atoms with E-state index in [1.807, 2.05) is 0 Å². The lowest BCUT2D eigenvalue weighted by atomic mass is 9.80. The summed E-state index contributed by atoms with van der Waals surface area (Å²) in [6.45, 7) is 0. The van der Waals surface area contributed by atoms with Gasteiger partial charge in [0.25, 0.3) is 0 Å². The fourth-order valence-corrected chi connectivity index (χ4v) is 0.897. The second-order valence-corrected chi connectivity index (χ2v) is 2.43. The molecule has 5 nitrogen and oxygen atoms in total. The minimum Gasteiger partial charge on any atom is -0.464 e. The van der Waals surface area contributed by atoms with Gasteiger partial charge in [-0.1, -0.05) is 0 Å². The number of aromatic nitrogens is 1. The van der Waals surface area contributed by atoms with E-state index < -0.39 is 30.1 Å². The number of hydrogen-bond acceptors (Lipinski definition) is 5. The lowest BCUT2D eigenvalue weighted by Crippen LogP contribution is -2.34. The summed E-state index contributed by atoms with van der Waals surface area (Å²) < 4.78 is 17.5. The average molecular weight is 199 g/mol. The number of pyridine rings is 1. The number of halogens is 1. The Morgan fingerprint density at radius 2 is 2.29 bits per heavy atom. The maximum atomic E-state index is 13.3. The zero-order valence-electron chi connectivity index (χ0n) is 7.27. The van der Waals surface area contributed by atoms with Gasteiger partial charge in [-0.2, -0.15) is 0 Å². The number of hydrogen-bond donors (Lipinski definition) is 2. The van der Waals surface area contributed by atoms with Crippen LogP contribution in [0.15, 0.2) is 12.3 Å². The summed E-state index contributed by atoms with van der Waals surface area (Å²) >= 11 is 0. The van der Waals surface area contributed by atoms with E-state index >= 15 is 0 Å². The molecule has 0 spiro atoms. The minimum absolute atomic E-state index is 0.416. The van der Waals surface area contributed by atoms with Crippen LogP contribution in [0.25, 0.3) is 0 Å². The van der Waals surface area contributed by atoms with Gasteiger partial charge in [-0.15, -0.1) is 0 Å². The van der Waals surface area contributed by atoms with Crippen molar-refractivity contribution >= 4 is 18.6 Å². The predicted octanol–water partition coefficient (Wildman–Crippen LogP) is -1.31. The van der Waals surface area contributed by atoms with Gasteiger partial charge in [0, 0.05) is 11.7 Å². The first-order valence-electron chi connectivity index (χ1n) is 3.66. The van der Waals surface area contributed by atoms with Crippen molar-refractivity contribution in [2.24, 2.45) is 0 Å². The first-order chi connectivity index (χ1) is 6.57. The second kappa shape index (κ2) is 4.16. The Morgan fingerprint density at radius 3 is 2.79 bits per heavy atom. The fraction of sp³-hybridized carbons (Fsp3) is 0.143. The number of nitrogens with zero attached hydrogens (tertiary/aromatic N) is 1. The van der Waals surface area contributed by atoms with Crippen LogP contribution >= 0.6 is 0 Å². The number of carbonyl (C=O) groups excluding carboxylic acids is 1. The van der Waals surface area contributed by atoms with Crippen LogP contribution in [-0.2, 0) is 4.74 Å². The summed E-state index contributed by atoms with van der Waals surface area (Å²) in [6, 6.07) is 1.06. The van der Waals surface area contributed by atoms with Crippen LogP contribution < -0.4 is 5.46 Å². The van der Waals surface area contributed by atoms with E-state index in [9.17, 15) is 9.18 Å². The van der Waals surface area contributed by atoms with E-state index in [0.717, 1.165) is 19.4 Å². The first-order valence-corrected chi connectivity index (χ1v) is 3.66. The highest BCUT2D eigenvalue weighted by molar-refractivity contribution is 6.58. The molecule has 2 N–H and O–H groups in total. The maximum Gasteiger partial charge on any atom is 0.491 e. The Hall–Kier alpha value is -1.47. The molecule has 0 aliphatic heterocycles. The molecule has 0 aliphatic rings. The van der Waals surface area contributed by atoms with Gasteiger partial charge >= 0.3 is 13.1 Å². The summed E-state index contributed by atoms with van der Waals surface area (Å²) in [4.78, 5) is 14.3. The molecule has 0 unspecified atom stereocenters. The zero-order valence-corrected chi connectivity index (χ0v) is 7.27. The van der Waals surface area contributed by atoms with Crippen LogP contribution in [0.5, 0.6) is 0 Å². The smallest absolute Gasteiger partial charge is 0.464 e. The van der Waals surface area contributed by atoms with Gasteiger partial charge in [-0.25, -0.2) is 14.2 Å². The second-order valence-electron chi connectivity index (χ2n) is 2.43. The highest BCUT2D eigenvalue weighted by Gasteiger charge is 2.23. The molecule has 7 heteroatoms. The van der Waals surface area contributed by atoms with E-state index in [1.165, 1.54) is 0 Å². The predicted molar refractivity (Wildman–Crippen MR) is 45.4 cm³/mol. The summed E-state index contributed by atoms with van der Waals surface area (Å²) in [5.41, 5.74) is -0.987. The van der Waals surface area contributed by atoms with Crippen molar-refractivity contribution < 1.29 is 24.0 Å². The Kier molecular flexibility index (Phi) is 3.16. The molecule has 1 aromatic rings. The monoisotopic (exact) mass is 199 g/mol. The van der Waals surface area contributed by atoms with E-state index in [-0.39, 0.29) is 0 Å². The average Bonchev–Trinajstić information content (AvgIpc) is 2.16. The van der Waals surface area contributed by atoms with Crippen molar-refractivity contribution in [3.05, 3.63) is 23.8 Å². The Morgan fingerprint density at radius 1 is 1.64 bits per heavy atom. The summed E-state index contributed by atoms with van der Waals surface area (Å²) in [6.07, 6.45) is 1.09. The molecule has 0 aliphatic carbocycles. The molecule has 0 bridgehead atoms. The first kappa shape index (κ1) is 10.6. The van der Waals surface area contributed by atoms with Crippen LogP contribution in [-0.4, -0.2) is 35.2 Å². The van der Waals surface area contributed by atoms with Gasteiger partial charge in [-0.05, 0) is 6.07 Å². The van der Waals surface area contributed by atoms with E-state index in [1.54, 1.807) is 0 Å². The van der Waals surface area contributed by atoms with Gasteiger partial charge in [0.05, 0.1) is 7.11 Å². The quantitative estimate of drug-likeness (QED) is 0.456. The zero-order chi connectivity index (χ0) is 10.7. The molecular weight excluding hydrogens is 192 g/mol. The third-order valence-electron chi connectivity index (χ3n) is 1.58. The summed E-state index contributed by atoms with van der Waals surface area (Å²) in [7, 11) is -0.910. The number of carbonyl (C=O) groups is 1. The lowest BCUT2D eigenvalue weighted by Gasteiger charge is -2.04. The number of methoxy groups -OCH3 is 1. The highest BCUT2D eigenvalue weighted by atomic mass is 19.1. The summed E-state index contributed by atoms with van der Waals surface area (Å²) in [5, 5.41) is 17.4. The summed E-state index contributed by atoms with van der Waals surface area (Å²) in [5.74, 6) is -2.06. The van der Waals surface area contributed by atoms with E-state index in [4.69, 9.17) is 10.0 Å². The molecule has 0 fully saturated rings. The van der Waals surface area contributed by atoms with Crippen molar-refractivity contribution in [1.82, 2.24) is 4.98 Å². The number of ether oxygens (including phenoxy) is 1. The molecular formula is C7H7BFNO4. The molecule has 0 saturated heterocycles. The molecule has 74 valence electrons. The van der Waals surface area contributed by atoms with Crippen molar-refractivity contribution in [3.8, 4) is 0 Å². The number of rotatable bonds is 2. The molecule has 14 heavy (non-hydrogen) atoms. The van der Waals surface area contributed by atoms with E-state index in [0.29, 0.717) is 0 Å². The molecule has 0 saturated carbocycles. The van der Waals surface area contributed by atoms with Gasteiger partial charge in [0.1, 0.15) is 0 Å². The van der Waals surface area contributed by atoms with Crippen molar-refractivity contribution in [3.63, 3.8) is 0 Å². The minimum atomic E-state index is -1.98. The third-order valence-corrected chi connectivity index (χ3v) is 1.58. The van der Waals surface area contributed by atoms with Crippen molar-refractivity contribution in [2.75, 3.05) is 7.11 Å². The molecule has 1 aromatic heterocycles. The Bertz CT molecular complexity index is 358. The van der Waals surface area contributed by atoms with Gasteiger partial charge < -0.3 is 14.8 Å². The van der Waals surface area contributed by atoms with Crippen LogP contribution in [0.2, 0.25) is 0 Å². The lowest BCUT2D eigenvalue weighted by molar-refractivity contribution is 0.0588. The van der Waals surface area contributed by atoms with Crippen LogP contribution in [0.1, 0.15) is 10.5 Å². The largest absolute Gasteiger partial charge is 0.491 e. The molecule has 0 radical (unpaired) electrons.